The maximum atomic E-state index is 12.0. The molecule has 0 aromatic heterocycles. The van der Waals surface area contributed by atoms with Crippen LogP contribution in [0, 0.1) is 0 Å². The molecule has 0 heterocycles. The molecule has 20 heavy (non-hydrogen) atoms. The predicted octanol–water partition coefficient (Wildman–Crippen LogP) is 2.52. The Morgan fingerprint density at radius 3 is 2.65 bits per heavy atom. The van der Waals surface area contributed by atoms with Crippen LogP contribution in [-0.2, 0) is 14.8 Å². The van der Waals surface area contributed by atoms with Gasteiger partial charge in [0.15, 0.2) is 0 Å². The average molecular weight is 365 g/mol. The molecule has 1 aromatic rings. The molecule has 0 unspecified atom stereocenters. The van der Waals surface area contributed by atoms with Crippen LogP contribution in [0.5, 0.6) is 0 Å². The fourth-order valence-corrected chi connectivity index (χ4v) is 3.12. The van der Waals surface area contributed by atoms with Crippen molar-refractivity contribution in [3.05, 3.63) is 22.7 Å². The molecular formula is C13H21BrN2O3S. The van der Waals surface area contributed by atoms with Crippen molar-refractivity contribution in [1.82, 2.24) is 4.72 Å². The van der Waals surface area contributed by atoms with Crippen LogP contribution in [-0.4, -0.2) is 28.2 Å². The van der Waals surface area contributed by atoms with Crippen molar-refractivity contribution in [3.8, 4) is 0 Å². The molecule has 7 heteroatoms. The highest BCUT2D eigenvalue weighted by Crippen LogP contribution is 2.22. The number of nitrogens with one attached hydrogen (secondary N) is 1. The maximum Gasteiger partial charge on any atom is 0.240 e. The van der Waals surface area contributed by atoms with Gasteiger partial charge in [-0.25, -0.2) is 13.1 Å². The molecule has 0 saturated heterocycles. The van der Waals surface area contributed by atoms with Crippen molar-refractivity contribution in [2.24, 2.45) is 0 Å². The van der Waals surface area contributed by atoms with E-state index in [1.807, 2.05) is 0 Å². The van der Waals surface area contributed by atoms with Crippen LogP contribution >= 0.6 is 15.9 Å². The number of unbranched alkanes of at least 4 members (excludes halogenated alkanes) is 1. The molecule has 114 valence electrons. The van der Waals surface area contributed by atoms with Gasteiger partial charge in [-0.2, -0.15) is 0 Å². The third-order valence-electron chi connectivity index (χ3n) is 2.68. The summed E-state index contributed by atoms with van der Waals surface area (Å²) in [5.74, 6) is 0. The molecule has 0 aliphatic heterocycles. The lowest BCUT2D eigenvalue weighted by Crippen LogP contribution is -2.25. The highest BCUT2D eigenvalue weighted by atomic mass is 79.9. The lowest BCUT2D eigenvalue weighted by Gasteiger charge is -2.08. The van der Waals surface area contributed by atoms with E-state index >= 15 is 0 Å². The topological polar surface area (TPSA) is 81.4 Å². The number of hydrogen-bond donors (Lipinski definition) is 2. The first-order valence-electron chi connectivity index (χ1n) is 6.60. The lowest BCUT2D eigenvalue weighted by molar-refractivity contribution is 0.130. The number of halogens is 1. The molecule has 0 atom stereocenters. The van der Waals surface area contributed by atoms with Gasteiger partial charge in [-0.3, -0.25) is 0 Å². The van der Waals surface area contributed by atoms with Crippen LogP contribution in [0.1, 0.15) is 26.2 Å². The number of rotatable bonds is 9. The van der Waals surface area contributed by atoms with Crippen LogP contribution in [0.4, 0.5) is 5.69 Å². The molecule has 1 rings (SSSR count). The van der Waals surface area contributed by atoms with E-state index in [0.717, 1.165) is 19.4 Å². The third kappa shape index (κ3) is 5.78. The summed E-state index contributed by atoms with van der Waals surface area (Å²) in [5.41, 5.74) is 6.14. The van der Waals surface area contributed by atoms with Crippen LogP contribution in [0.3, 0.4) is 0 Å². The zero-order valence-electron chi connectivity index (χ0n) is 11.6. The Bertz CT molecular complexity index is 520. The van der Waals surface area contributed by atoms with E-state index in [9.17, 15) is 8.42 Å². The average Bonchev–Trinajstić information content (AvgIpc) is 2.40. The minimum atomic E-state index is -3.49. The number of nitrogen functional groups attached to an aromatic ring is 1. The largest absolute Gasteiger partial charge is 0.398 e. The van der Waals surface area contributed by atoms with E-state index in [1.165, 1.54) is 12.1 Å². The first-order valence-corrected chi connectivity index (χ1v) is 8.87. The molecule has 1 aromatic carbocycles. The molecule has 0 radical (unpaired) electrons. The maximum absolute atomic E-state index is 12.0. The number of ether oxygens (including phenoxy) is 1. The van der Waals surface area contributed by atoms with Gasteiger partial charge in [0.05, 0.1) is 4.90 Å². The monoisotopic (exact) mass is 364 g/mol. The van der Waals surface area contributed by atoms with Crippen molar-refractivity contribution in [1.29, 1.82) is 0 Å². The van der Waals surface area contributed by atoms with E-state index in [0.29, 0.717) is 29.7 Å². The van der Waals surface area contributed by atoms with E-state index in [-0.39, 0.29) is 4.90 Å². The molecule has 0 fully saturated rings. The summed E-state index contributed by atoms with van der Waals surface area (Å²) in [6, 6.07) is 4.54. The van der Waals surface area contributed by atoms with Crippen molar-refractivity contribution < 1.29 is 13.2 Å². The molecule has 0 aliphatic rings. The van der Waals surface area contributed by atoms with Gasteiger partial charge in [-0.1, -0.05) is 13.3 Å². The molecule has 5 nitrogen and oxygen atoms in total. The fourth-order valence-electron chi connectivity index (χ4n) is 1.49. The third-order valence-corrected chi connectivity index (χ3v) is 4.83. The summed E-state index contributed by atoms with van der Waals surface area (Å²) in [7, 11) is -3.49. The minimum Gasteiger partial charge on any atom is -0.398 e. The molecule has 0 saturated carbocycles. The van der Waals surface area contributed by atoms with Crippen LogP contribution in [0.2, 0.25) is 0 Å². The van der Waals surface area contributed by atoms with Gasteiger partial charge in [-0.15, -0.1) is 0 Å². The second-order valence-electron chi connectivity index (χ2n) is 4.40. The number of sulfonamides is 1. The summed E-state index contributed by atoms with van der Waals surface area (Å²) < 4.78 is 32.5. The number of nitrogens with two attached hydrogens (primary N) is 1. The summed E-state index contributed by atoms with van der Waals surface area (Å²) in [6.45, 7) is 3.75. The highest BCUT2D eigenvalue weighted by molar-refractivity contribution is 9.10. The van der Waals surface area contributed by atoms with Gasteiger partial charge in [0.25, 0.3) is 0 Å². The highest BCUT2D eigenvalue weighted by Gasteiger charge is 2.14. The van der Waals surface area contributed by atoms with E-state index in [2.05, 4.69) is 27.6 Å². The van der Waals surface area contributed by atoms with E-state index < -0.39 is 10.0 Å². The second kappa shape index (κ2) is 8.61. The van der Waals surface area contributed by atoms with Crippen molar-refractivity contribution in [2.75, 3.05) is 25.5 Å². The number of hydrogen-bond acceptors (Lipinski definition) is 4. The van der Waals surface area contributed by atoms with E-state index in [1.54, 1.807) is 6.07 Å². The molecular weight excluding hydrogens is 344 g/mol. The van der Waals surface area contributed by atoms with Gasteiger partial charge < -0.3 is 10.5 Å². The first-order chi connectivity index (χ1) is 9.47. The quantitative estimate of drug-likeness (QED) is 0.521. The Kier molecular flexibility index (Phi) is 7.50. The predicted molar refractivity (Wildman–Crippen MR) is 84.1 cm³/mol. The Labute approximate surface area is 129 Å². The summed E-state index contributed by atoms with van der Waals surface area (Å²) in [4.78, 5) is 0.200. The van der Waals surface area contributed by atoms with Gasteiger partial charge in [0.1, 0.15) is 0 Å². The van der Waals surface area contributed by atoms with Gasteiger partial charge in [0.2, 0.25) is 10.0 Å². The smallest absolute Gasteiger partial charge is 0.240 e. The fraction of sp³-hybridized carbons (Fsp3) is 0.538. The van der Waals surface area contributed by atoms with E-state index in [4.69, 9.17) is 10.5 Å². The lowest BCUT2D eigenvalue weighted by atomic mass is 10.3. The minimum absolute atomic E-state index is 0.200. The van der Waals surface area contributed by atoms with Crippen molar-refractivity contribution in [2.45, 2.75) is 31.1 Å². The van der Waals surface area contributed by atoms with Crippen LogP contribution in [0.15, 0.2) is 27.6 Å². The summed E-state index contributed by atoms with van der Waals surface area (Å²) in [6.07, 6.45) is 2.78. The molecule has 0 spiro atoms. The van der Waals surface area contributed by atoms with Crippen molar-refractivity contribution in [3.63, 3.8) is 0 Å². The zero-order valence-corrected chi connectivity index (χ0v) is 14.0. The molecule has 3 N–H and O–H groups in total. The SMILES string of the molecule is CCCCOCCCNS(=O)(=O)c1ccc(N)c(Br)c1. The van der Waals surface area contributed by atoms with Gasteiger partial charge in [-0.05, 0) is 47.0 Å². The Morgan fingerprint density at radius 2 is 2.00 bits per heavy atom. The zero-order chi connectivity index (χ0) is 15.0. The Balaban J connectivity index is 2.40. The van der Waals surface area contributed by atoms with Crippen LogP contribution < -0.4 is 10.5 Å². The van der Waals surface area contributed by atoms with Gasteiger partial charge in [0, 0.05) is 29.9 Å². The standard InChI is InChI=1S/C13H21BrN2O3S/c1-2-3-8-19-9-4-7-16-20(17,18)11-5-6-13(15)12(14)10-11/h5-6,10,16H,2-4,7-9,15H2,1H3. The Morgan fingerprint density at radius 1 is 1.30 bits per heavy atom. The second-order valence-corrected chi connectivity index (χ2v) is 7.02. The number of benzene rings is 1. The first kappa shape index (κ1) is 17.4. The molecule has 0 bridgehead atoms. The van der Waals surface area contributed by atoms with Gasteiger partial charge >= 0.3 is 0 Å². The summed E-state index contributed by atoms with van der Waals surface area (Å²) >= 11 is 3.22. The normalized spacial score (nSPS) is 11.7. The van der Waals surface area contributed by atoms with Crippen molar-refractivity contribution >= 4 is 31.6 Å². The molecule has 0 aliphatic carbocycles. The molecule has 0 amide bonds. The Hall–Kier alpha value is -0.630. The van der Waals surface area contributed by atoms with Crippen LogP contribution in [0.25, 0.3) is 0 Å². The summed E-state index contributed by atoms with van der Waals surface area (Å²) in [5, 5.41) is 0. The number of anilines is 1.